The number of Topliss-reactive ketones (excluding diaryl/α,β-unsaturated/α-hetero) is 1. The molecule has 25 heavy (non-hydrogen) atoms. The highest BCUT2D eigenvalue weighted by molar-refractivity contribution is 5.88. The van der Waals surface area contributed by atoms with Gasteiger partial charge in [0.1, 0.15) is 12.4 Å². The summed E-state index contributed by atoms with van der Waals surface area (Å²) in [5, 5.41) is 19.2. The Hall–Kier alpha value is -3.15. The summed E-state index contributed by atoms with van der Waals surface area (Å²) in [5.74, 6) is 0.112. The largest absolute Gasteiger partial charge is 0.490 e. The number of benzene rings is 2. The molecule has 0 aliphatic carbocycles. The molecule has 0 fully saturated rings. The Kier molecular flexibility index (Phi) is 5.54. The lowest BCUT2D eigenvalue weighted by atomic mass is 9.95. The molecular formula is C20H18N2O3. The Labute approximate surface area is 146 Å². The quantitative estimate of drug-likeness (QED) is 0.822. The first-order valence-electron chi connectivity index (χ1n) is 7.71. The maximum Gasteiger partial charge on any atom is 0.190 e. The van der Waals surface area contributed by atoms with Crippen molar-refractivity contribution in [2.75, 3.05) is 6.61 Å². The predicted molar refractivity (Wildman–Crippen MR) is 93.4 cm³/mol. The predicted octanol–water partition coefficient (Wildman–Crippen LogP) is 3.36. The zero-order chi connectivity index (χ0) is 18.4. The van der Waals surface area contributed by atoms with Crippen molar-refractivity contribution in [1.29, 1.82) is 5.26 Å². The summed E-state index contributed by atoms with van der Waals surface area (Å²) in [5.41, 5.74) is 0.961. The zero-order valence-corrected chi connectivity index (χ0v) is 14.1. The number of carbonyl (C=O) groups is 1. The third-order valence-electron chi connectivity index (χ3n) is 3.85. The highest BCUT2D eigenvalue weighted by Gasteiger charge is 2.31. The van der Waals surface area contributed by atoms with E-state index in [1.54, 1.807) is 42.5 Å². The molecule has 0 aliphatic rings. The maximum atomic E-state index is 12.4. The summed E-state index contributed by atoms with van der Waals surface area (Å²) in [6, 6.07) is 13.6. The number of nitriles is 1. The van der Waals surface area contributed by atoms with Gasteiger partial charge < -0.3 is 9.84 Å². The maximum absolute atomic E-state index is 12.4. The Morgan fingerprint density at radius 3 is 2.56 bits per heavy atom. The van der Waals surface area contributed by atoms with Crippen LogP contribution >= 0.6 is 0 Å². The molecule has 0 aromatic heterocycles. The lowest BCUT2D eigenvalue weighted by molar-refractivity contribution is -0.137. The monoisotopic (exact) mass is 334 g/mol. The van der Waals surface area contributed by atoms with Crippen LogP contribution < -0.4 is 4.74 Å². The van der Waals surface area contributed by atoms with Crippen molar-refractivity contribution in [3.8, 4) is 11.8 Å². The van der Waals surface area contributed by atoms with Crippen molar-refractivity contribution < 1.29 is 14.6 Å². The molecule has 2 aromatic rings. The van der Waals surface area contributed by atoms with Crippen LogP contribution in [-0.2, 0) is 11.2 Å². The molecule has 1 atom stereocenters. The normalized spacial score (nSPS) is 12.5. The Balaban J connectivity index is 2.00. The summed E-state index contributed by atoms with van der Waals surface area (Å²) in [4.78, 5) is 15.8. The number of nitrogens with zero attached hydrogens (tertiary/aromatic N) is 2. The molecule has 0 radical (unpaired) electrons. The molecule has 5 nitrogen and oxygen atoms in total. The van der Waals surface area contributed by atoms with Crippen LogP contribution in [0.15, 0.2) is 42.5 Å². The number of hydrogen-bond acceptors (Lipinski definition) is 4. The molecule has 1 N–H and O–H groups in total. The van der Waals surface area contributed by atoms with Crippen LogP contribution in [0.3, 0.4) is 0 Å². The van der Waals surface area contributed by atoms with Gasteiger partial charge in [-0.3, -0.25) is 4.79 Å². The van der Waals surface area contributed by atoms with Gasteiger partial charge in [-0.25, -0.2) is 4.85 Å². The smallest absolute Gasteiger partial charge is 0.190 e. The van der Waals surface area contributed by atoms with Gasteiger partial charge >= 0.3 is 0 Å². The van der Waals surface area contributed by atoms with Crippen LogP contribution in [0.1, 0.15) is 23.6 Å². The van der Waals surface area contributed by atoms with E-state index in [4.69, 9.17) is 16.6 Å². The van der Waals surface area contributed by atoms with E-state index in [0.29, 0.717) is 17.0 Å². The van der Waals surface area contributed by atoms with E-state index >= 15 is 0 Å². The Morgan fingerprint density at radius 1 is 1.32 bits per heavy atom. The van der Waals surface area contributed by atoms with Gasteiger partial charge in [-0.1, -0.05) is 18.2 Å². The van der Waals surface area contributed by atoms with E-state index in [2.05, 4.69) is 4.85 Å². The third kappa shape index (κ3) is 4.67. The van der Waals surface area contributed by atoms with E-state index in [0.717, 1.165) is 11.1 Å². The molecule has 2 rings (SSSR count). The van der Waals surface area contributed by atoms with Gasteiger partial charge in [0.2, 0.25) is 0 Å². The van der Waals surface area contributed by atoms with Crippen molar-refractivity contribution in [1.82, 2.24) is 0 Å². The number of ketones is 1. The lowest BCUT2D eigenvalue weighted by Crippen LogP contribution is -2.42. The molecule has 0 amide bonds. The van der Waals surface area contributed by atoms with Crippen molar-refractivity contribution >= 4 is 11.5 Å². The molecule has 0 unspecified atom stereocenters. The number of aliphatic hydroxyl groups is 1. The molecule has 0 saturated carbocycles. The van der Waals surface area contributed by atoms with Crippen LogP contribution in [0.4, 0.5) is 5.69 Å². The molecule has 0 bridgehead atoms. The van der Waals surface area contributed by atoms with Crippen LogP contribution in [-0.4, -0.2) is 23.1 Å². The van der Waals surface area contributed by atoms with E-state index in [1.807, 2.05) is 13.0 Å². The molecule has 0 heterocycles. The van der Waals surface area contributed by atoms with Gasteiger partial charge in [0.05, 0.1) is 18.2 Å². The van der Waals surface area contributed by atoms with Crippen LogP contribution in [0.5, 0.6) is 5.75 Å². The number of hydrogen-bond donors (Lipinski definition) is 1. The summed E-state index contributed by atoms with van der Waals surface area (Å²) >= 11 is 0. The van der Waals surface area contributed by atoms with Crippen LogP contribution in [0, 0.1) is 24.8 Å². The van der Waals surface area contributed by atoms with Crippen LogP contribution in [0.2, 0.25) is 0 Å². The van der Waals surface area contributed by atoms with Crippen molar-refractivity contribution in [2.45, 2.75) is 25.9 Å². The minimum absolute atomic E-state index is 0.0584. The van der Waals surface area contributed by atoms with Crippen molar-refractivity contribution in [3.05, 3.63) is 70.6 Å². The fraction of sp³-hybridized carbons (Fsp3) is 0.250. The summed E-state index contributed by atoms with van der Waals surface area (Å²) in [6.45, 7) is 10.1. The van der Waals surface area contributed by atoms with Gasteiger partial charge in [0.15, 0.2) is 17.1 Å². The highest BCUT2D eigenvalue weighted by Crippen LogP contribution is 2.21. The number of ether oxygens (including phenoxy) is 1. The number of rotatable bonds is 6. The van der Waals surface area contributed by atoms with E-state index < -0.39 is 5.60 Å². The number of aryl methyl sites for hydroxylation is 1. The molecule has 126 valence electrons. The molecule has 2 aromatic carbocycles. The SMILES string of the molecule is [C-]#[N+]c1ccc(CC(=O)[C@@](C)(O)COc2ccc(C#N)cc2)cc1C. The average Bonchev–Trinajstić information content (AvgIpc) is 2.60. The topological polar surface area (TPSA) is 74.7 Å². The fourth-order valence-electron chi connectivity index (χ4n) is 2.26. The second-order valence-corrected chi connectivity index (χ2v) is 6.03. The Morgan fingerprint density at radius 2 is 2.00 bits per heavy atom. The zero-order valence-electron chi connectivity index (χ0n) is 14.1. The Bertz CT molecular complexity index is 856. The average molecular weight is 334 g/mol. The summed E-state index contributed by atoms with van der Waals surface area (Å²) < 4.78 is 5.47. The fourth-order valence-corrected chi connectivity index (χ4v) is 2.26. The molecule has 0 aliphatic heterocycles. The van der Waals surface area contributed by atoms with E-state index in [-0.39, 0.29) is 18.8 Å². The number of carbonyl (C=O) groups excluding carboxylic acids is 1. The lowest BCUT2D eigenvalue weighted by Gasteiger charge is -2.22. The standard InChI is InChI=1S/C20H18N2O3/c1-14-10-16(6-9-18(14)22-3)11-19(23)20(2,24)13-25-17-7-4-15(12-21)5-8-17/h4-10,24H,11,13H2,1-2H3/t20-/m0/s1. The minimum atomic E-state index is -1.64. The molecule has 5 heteroatoms. The van der Waals surface area contributed by atoms with Gasteiger partial charge in [-0.15, -0.1) is 0 Å². The molecular weight excluding hydrogens is 316 g/mol. The summed E-state index contributed by atoms with van der Waals surface area (Å²) in [6.07, 6.45) is 0.0584. The third-order valence-corrected chi connectivity index (χ3v) is 3.85. The minimum Gasteiger partial charge on any atom is -0.490 e. The van der Waals surface area contributed by atoms with Gasteiger partial charge in [0, 0.05) is 6.42 Å². The first kappa shape index (κ1) is 18.2. The van der Waals surface area contributed by atoms with Gasteiger partial charge in [0.25, 0.3) is 0 Å². The first-order valence-corrected chi connectivity index (χ1v) is 7.71. The highest BCUT2D eigenvalue weighted by atomic mass is 16.5. The molecule has 0 saturated heterocycles. The second kappa shape index (κ2) is 7.61. The van der Waals surface area contributed by atoms with Gasteiger partial charge in [-0.2, -0.15) is 5.26 Å². The van der Waals surface area contributed by atoms with Gasteiger partial charge in [-0.05, 0) is 49.2 Å². The van der Waals surface area contributed by atoms with Crippen molar-refractivity contribution in [2.24, 2.45) is 0 Å². The second-order valence-electron chi connectivity index (χ2n) is 6.03. The summed E-state index contributed by atoms with van der Waals surface area (Å²) in [7, 11) is 0. The van der Waals surface area contributed by atoms with E-state index in [9.17, 15) is 9.90 Å². The van der Waals surface area contributed by atoms with E-state index in [1.165, 1.54) is 6.92 Å². The first-order chi connectivity index (χ1) is 11.9. The van der Waals surface area contributed by atoms with Crippen LogP contribution in [0.25, 0.3) is 4.85 Å². The molecule has 0 spiro atoms. The van der Waals surface area contributed by atoms with Crippen molar-refractivity contribution in [3.63, 3.8) is 0 Å².